The van der Waals surface area contributed by atoms with Crippen molar-refractivity contribution >= 4 is 33.9 Å². The molecule has 0 saturated carbocycles. The number of ether oxygens (including phenoxy) is 1. The molecule has 0 radical (unpaired) electrons. The normalized spacial score (nSPS) is 14.1. The van der Waals surface area contributed by atoms with Gasteiger partial charge in [-0.3, -0.25) is 4.79 Å². The molecule has 0 unspecified atom stereocenters. The summed E-state index contributed by atoms with van der Waals surface area (Å²) < 4.78 is 5.42. The summed E-state index contributed by atoms with van der Waals surface area (Å²) in [6, 6.07) is 9.20. The molecule has 3 heterocycles. The number of carbonyl (C=O) groups excluding carboxylic acids is 1. The molecule has 2 aromatic heterocycles. The first-order valence-corrected chi connectivity index (χ1v) is 9.93. The molecule has 144 valence electrons. The van der Waals surface area contributed by atoms with Crippen molar-refractivity contribution in [1.29, 1.82) is 0 Å². The Hall–Kier alpha value is -2.84. The highest BCUT2D eigenvalue weighted by atomic mass is 32.1. The Morgan fingerprint density at radius 2 is 2.04 bits per heavy atom. The summed E-state index contributed by atoms with van der Waals surface area (Å²) in [7, 11) is 0. The summed E-state index contributed by atoms with van der Waals surface area (Å²) in [4.78, 5) is 28.6. The molecule has 1 fully saturated rings. The first kappa shape index (κ1) is 18.5. The second kappa shape index (κ2) is 8.04. The third-order valence-corrected chi connectivity index (χ3v) is 5.72. The maximum atomic E-state index is 11.6. The van der Waals surface area contributed by atoms with E-state index in [1.54, 1.807) is 36.6 Å². The van der Waals surface area contributed by atoms with Crippen molar-refractivity contribution in [3.63, 3.8) is 0 Å². The summed E-state index contributed by atoms with van der Waals surface area (Å²) in [5.41, 5.74) is 3.21. The van der Waals surface area contributed by atoms with Crippen LogP contribution in [0.25, 0.3) is 10.6 Å². The fraction of sp³-hybridized carbons (Fsp3) is 0.300. The van der Waals surface area contributed by atoms with E-state index in [0.29, 0.717) is 11.5 Å². The minimum atomic E-state index is 0.0224. The largest absolute Gasteiger partial charge is 0.378 e. The van der Waals surface area contributed by atoms with E-state index in [1.807, 2.05) is 25.1 Å². The predicted molar refractivity (Wildman–Crippen MR) is 111 cm³/mol. The number of Topliss-reactive ketones (excluding diaryl/α,β-unsaturated/α-hetero) is 1. The molecular weight excluding hydrogens is 374 g/mol. The van der Waals surface area contributed by atoms with Gasteiger partial charge < -0.3 is 15.0 Å². The highest BCUT2D eigenvalue weighted by molar-refractivity contribution is 7.19. The molecule has 0 amide bonds. The number of benzene rings is 1. The fourth-order valence-corrected chi connectivity index (χ4v) is 4.09. The molecule has 1 aliphatic rings. The average Bonchev–Trinajstić information content (AvgIpc) is 3.11. The van der Waals surface area contributed by atoms with Gasteiger partial charge in [0.2, 0.25) is 5.95 Å². The number of nitrogens with one attached hydrogen (secondary N) is 1. The Kier molecular flexibility index (Phi) is 5.31. The lowest BCUT2D eigenvalue weighted by Crippen LogP contribution is -2.36. The van der Waals surface area contributed by atoms with E-state index >= 15 is 0 Å². The Morgan fingerprint density at radius 3 is 2.82 bits per heavy atom. The van der Waals surface area contributed by atoms with Crippen LogP contribution in [0.1, 0.15) is 23.0 Å². The van der Waals surface area contributed by atoms with E-state index in [0.717, 1.165) is 53.4 Å². The van der Waals surface area contributed by atoms with Crippen LogP contribution >= 0.6 is 11.3 Å². The summed E-state index contributed by atoms with van der Waals surface area (Å²) in [6.07, 6.45) is 1.73. The van der Waals surface area contributed by atoms with Gasteiger partial charge in [0.25, 0.3) is 0 Å². The van der Waals surface area contributed by atoms with Gasteiger partial charge in [-0.2, -0.15) is 0 Å². The predicted octanol–water partition coefficient (Wildman–Crippen LogP) is 3.69. The van der Waals surface area contributed by atoms with Gasteiger partial charge in [0, 0.05) is 30.5 Å². The number of morpholine rings is 1. The highest BCUT2D eigenvalue weighted by Crippen LogP contribution is 2.34. The standard InChI is InChI=1S/C20H21N5O2S/c1-13-18(28-20(22-13)25-8-10-27-11-9-25)17-6-7-21-19(24-17)23-16-5-3-4-15(12-16)14(2)26/h3-7,12H,8-11H2,1-2H3,(H,21,23,24). The lowest BCUT2D eigenvalue weighted by atomic mass is 10.1. The zero-order valence-electron chi connectivity index (χ0n) is 15.8. The van der Waals surface area contributed by atoms with Gasteiger partial charge in [-0.05, 0) is 32.0 Å². The number of anilines is 3. The van der Waals surface area contributed by atoms with Crippen molar-refractivity contribution in [2.24, 2.45) is 0 Å². The van der Waals surface area contributed by atoms with Crippen LogP contribution in [0.5, 0.6) is 0 Å². The average molecular weight is 395 g/mol. The minimum Gasteiger partial charge on any atom is -0.378 e. The highest BCUT2D eigenvalue weighted by Gasteiger charge is 2.18. The van der Waals surface area contributed by atoms with Crippen LogP contribution in [-0.4, -0.2) is 47.0 Å². The maximum absolute atomic E-state index is 11.6. The summed E-state index contributed by atoms with van der Waals surface area (Å²) in [6.45, 7) is 6.73. The molecule has 0 aliphatic carbocycles. The second-order valence-corrected chi connectivity index (χ2v) is 7.52. The van der Waals surface area contributed by atoms with Crippen LogP contribution in [0.4, 0.5) is 16.8 Å². The number of aryl methyl sites for hydroxylation is 1. The summed E-state index contributed by atoms with van der Waals surface area (Å²) in [5, 5.41) is 4.18. The third kappa shape index (κ3) is 4.02. The van der Waals surface area contributed by atoms with Crippen LogP contribution in [0.2, 0.25) is 0 Å². The smallest absolute Gasteiger partial charge is 0.227 e. The van der Waals surface area contributed by atoms with Crippen molar-refractivity contribution in [2.45, 2.75) is 13.8 Å². The zero-order valence-corrected chi connectivity index (χ0v) is 16.6. The van der Waals surface area contributed by atoms with Gasteiger partial charge in [-0.1, -0.05) is 23.5 Å². The van der Waals surface area contributed by atoms with E-state index in [1.165, 1.54) is 0 Å². The van der Waals surface area contributed by atoms with Crippen LogP contribution in [-0.2, 0) is 4.74 Å². The first-order valence-electron chi connectivity index (χ1n) is 9.12. The van der Waals surface area contributed by atoms with Gasteiger partial charge in [0.15, 0.2) is 10.9 Å². The molecule has 28 heavy (non-hydrogen) atoms. The van der Waals surface area contributed by atoms with Crippen molar-refractivity contribution < 1.29 is 9.53 Å². The number of rotatable bonds is 5. The number of nitrogens with zero attached hydrogens (tertiary/aromatic N) is 4. The third-order valence-electron chi connectivity index (χ3n) is 4.48. The van der Waals surface area contributed by atoms with Crippen molar-refractivity contribution in [3.8, 4) is 10.6 Å². The molecule has 1 N–H and O–H groups in total. The number of thiazole rings is 1. The van der Waals surface area contributed by atoms with Crippen LogP contribution in [0.15, 0.2) is 36.5 Å². The Bertz CT molecular complexity index is 998. The number of hydrogen-bond acceptors (Lipinski definition) is 8. The Morgan fingerprint density at radius 1 is 1.21 bits per heavy atom. The molecule has 1 aliphatic heterocycles. The molecule has 3 aromatic rings. The summed E-state index contributed by atoms with van der Waals surface area (Å²) in [5.74, 6) is 0.508. The number of aromatic nitrogens is 3. The van der Waals surface area contributed by atoms with Crippen LogP contribution < -0.4 is 10.2 Å². The van der Waals surface area contributed by atoms with E-state index in [4.69, 9.17) is 9.72 Å². The number of hydrogen-bond donors (Lipinski definition) is 1. The van der Waals surface area contributed by atoms with Crippen LogP contribution in [0.3, 0.4) is 0 Å². The lowest BCUT2D eigenvalue weighted by Gasteiger charge is -2.26. The van der Waals surface area contributed by atoms with Gasteiger partial charge in [-0.15, -0.1) is 0 Å². The molecular formula is C20H21N5O2S. The van der Waals surface area contributed by atoms with Crippen molar-refractivity contribution in [3.05, 3.63) is 47.8 Å². The topological polar surface area (TPSA) is 80.2 Å². The van der Waals surface area contributed by atoms with E-state index in [9.17, 15) is 4.79 Å². The molecule has 7 nitrogen and oxygen atoms in total. The first-order chi connectivity index (χ1) is 13.6. The summed E-state index contributed by atoms with van der Waals surface area (Å²) >= 11 is 1.64. The molecule has 4 rings (SSSR count). The molecule has 8 heteroatoms. The minimum absolute atomic E-state index is 0.0224. The van der Waals surface area contributed by atoms with Crippen molar-refractivity contribution in [1.82, 2.24) is 15.0 Å². The zero-order chi connectivity index (χ0) is 19.5. The number of ketones is 1. The monoisotopic (exact) mass is 395 g/mol. The van der Waals surface area contributed by atoms with Gasteiger partial charge in [-0.25, -0.2) is 15.0 Å². The lowest BCUT2D eigenvalue weighted by molar-refractivity contribution is 0.101. The maximum Gasteiger partial charge on any atom is 0.227 e. The second-order valence-electron chi connectivity index (χ2n) is 6.54. The molecule has 1 saturated heterocycles. The number of carbonyl (C=O) groups is 1. The fourth-order valence-electron chi connectivity index (χ4n) is 3.00. The Balaban J connectivity index is 1.58. The van der Waals surface area contributed by atoms with E-state index in [-0.39, 0.29) is 5.78 Å². The molecule has 0 bridgehead atoms. The molecule has 0 spiro atoms. The van der Waals surface area contributed by atoms with E-state index < -0.39 is 0 Å². The SMILES string of the molecule is CC(=O)c1cccc(Nc2nccc(-c3sc(N4CCOCC4)nc3C)n2)c1. The molecule has 1 aromatic carbocycles. The van der Waals surface area contributed by atoms with Crippen LogP contribution in [0, 0.1) is 6.92 Å². The van der Waals surface area contributed by atoms with E-state index in [2.05, 4.69) is 20.2 Å². The molecule has 0 atom stereocenters. The van der Waals surface area contributed by atoms with Gasteiger partial charge in [0.1, 0.15) is 0 Å². The Labute approximate surface area is 167 Å². The van der Waals surface area contributed by atoms with Gasteiger partial charge in [0.05, 0.1) is 29.5 Å². The van der Waals surface area contributed by atoms with Crippen molar-refractivity contribution in [2.75, 3.05) is 36.5 Å². The van der Waals surface area contributed by atoms with Gasteiger partial charge >= 0.3 is 0 Å². The quantitative estimate of drug-likeness (QED) is 0.660.